The van der Waals surface area contributed by atoms with Gasteiger partial charge in [-0.1, -0.05) is 19.1 Å². The number of benzene rings is 1. The van der Waals surface area contributed by atoms with E-state index < -0.39 is 0 Å². The van der Waals surface area contributed by atoms with Crippen molar-refractivity contribution in [2.75, 3.05) is 0 Å². The highest BCUT2D eigenvalue weighted by Gasteiger charge is 2.07. The summed E-state index contributed by atoms with van der Waals surface area (Å²) in [6, 6.07) is 6.22. The molecule has 1 aromatic heterocycles. The lowest BCUT2D eigenvalue weighted by atomic mass is 10.1. The molecule has 1 aromatic carbocycles. The van der Waals surface area contributed by atoms with Crippen LogP contribution in [0.25, 0.3) is 0 Å². The minimum absolute atomic E-state index is 0.180. The van der Waals surface area contributed by atoms with Crippen molar-refractivity contribution in [3.63, 3.8) is 0 Å². The quantitative estimate of drug-likeness (QED) is 0.763. The van der Waals surface area contributed by atoms with Gasteiger partial charge >= 0.3 is 0 Å². The Bertz CT molecular complexity index is 678. The lowest BCUT2D eigenvalue weighted by molar-refractivity contribution is -0.108. The van der Waals surface area contributed by atoms with E-state index in [4.69, 9.17) is 0 Å². The van der Waals surface area contributed by atoms with Crippen molar-refractivity contribution < 1.29 is 9.18 Å². The molecule has 5 heteroatoms. The highest BCUT2D eigenvalue weighted by molar-refractivity contribution is 5.49. The van der Waals surface area contributed by atoms with Crippen LogP contribution in [0.15, 0.2) is 35.3 Å². The molecule has 21 heavy (non-hydrogen) atoms. The van der Waals surface area contributed by atoms with Crippen molar-refractivity contribution in [2.45, 2.75) is 32.7 Å². The Labute approximate surface area is 122 Å². The maximum absolute atomic E-state index is 12.9. The molecule has 110 valence electrons. The third kappa shape index (κ3) is 3.84. The first-order chi connectivity index (χ1) is 10.1. The van der Waals surface area contributed by atoms with Gasteiger partial charge in [0, 0.05) is 18.2 Å². The van der Waals surface area contributed by atoms with Crippen molar-refractivity contribution in [3.8, 4) is 0 Å². The van der Waals surface area contributed by atoms with Gasteiger partial charge in [-0.25, -0.2) is 4.39 Å². The number of hydrogen-bond donors (Lipinski definition) is 0. The largest absolute Gasteiger partial charge is 0.329 e. The molecular formula is C16H17FN2O2. The van der Waals surface area contributed by atoms with Crippen LogP contribution in [-0.2, 0) is 30.6 Å². The summed E-state index contributed by atoms with van der Waals surface area (Å²) in [7, 11) is 0. The molecule has 0 aliphatic carbocycles. The summed E-state index contributed by atoms with van der Waals surface area (Å²) in [5.41, 5.74) is 1.32. The summed E-state index contributed by atoms with van der Waals surface area (Å²) in [4.78, 5) is 26.6. The van der Waals surface area contributed by atoms with Crippen LogP contribution in [0.2, 0.25) is 0 Å². The minimum atomic E-state index is -0.276. The van der Waals surface area contributed by atoms with Gasteiger partial charge in [-0.05, 0) is 30.5 Å². The molecule has 0 unspecified atom stereocenters. The van der Waals surface area contributed by atoms with E-state index in [1.54, 1.807) is 22.9 Å². The fourth-order valence-electron chi connectivity index (χ4n) is 2.16. The third-order valence-electron chi connectivity index (χ3n) is 3.35. The molecule has 0 fully saturated rings. The van der Waals surface area contributed by atoms with E-state index in [1.807, 2.05) is 6.92 Å². The molecule has 0 saturated heterocycles. The Morgan fingerprint density at radius 1 is 1.24 bits per heavy atom. The minimum Gasteiger partial charge on any atom is -0.329 e. The zero-order valence-electron chi connectivity index (χ0n) is 11.9. The zero-order valence-corrected chi connectivity index (χ0v) is 11.9. The second kappa shape index (κ2) is 6.92. The summed E-state index contributed by atoms with van der Waals surface area (Å²) in [6.45, 7) is 2.06. The van der Waals surface area contributed by atoms with Crippen LogP contribution in [0, 0.1) is 5.82 Å². The molecule has 0 aliphatic rings. The first-order valence-electron chi connectivity index (χ1n) is 6.91. The molecule has 2 aromatic rings. The molecule has 0 amide bonds. The molecule has 0 spiro atoms. The first kappa shape index (κ1) is 15.1. The summed E-state index contributed by atoms with van der Waals surface area (Å²) in [5.74, 6) is 0.302. The number of hydrogen-bond acceptors (Lipinski definition) is 3. The number of carbonyl (C=O) groups excluding carboxylic acids is 1. The summed E-state index contributed by atoms with van der Waals surface area (Å²) >= 11 is 0. The first-order valence-corrected chi connectivity index (χ1v) is 6.91. The number of aldehydes is 1. The van der Waals surface area contributed by atoms with Gasteiger partial charge in [-0.3, -0.25) is 4.79 Å². The van der Waals surface area contributed by atoms with Gasteiger partial charge in [0.25, 0.3) is 5.56 Å². The van der Waals surface area contributed by atoms with Crippen LogP contribution in [0.4, 0.5) is 4.39 Å². The number of carbonyl (C=O) groups is 1. The predicted octanol–water partition coefficient (Wildman–Crippen LogP) is 1.93. The number of nitrogens with zero attached hydrogens (tertiary/aromatic N) is 2. The van der Waals surface area contributed by atoms with Crippen LogP contribution >= 0.6 is 0 Å². The van der Waals surface area contributed by atoms with Crippen LogP contribution in [0.3, 0.4) is 0 Å². The average Bonchev–Trinajstić information content (AvgIpc) is 2.49. The topological polar surface area (TPSA) is 52.0 Å². The molecule has 2 rings (SSSR count). The average molecular weight is 288 g/mol. The second-order valence-electron chi connectivity index (χ2n) is 4.79. The Morgan fingerprint density at radius 2 is 1.95 bits per heavy atom. The Hall–Kier alpha value is -2.30. The molecule has 0 atom stereocenters. The highest BCUT2D eigenvalue weighted by atomic mass is 19.1. The molecule has 4 nitrogen and oxygen atoms in total. The van der Waals surface area contributed by atoms with Gasteiger partial charge in [0.05, 0.1) is 6.54 Å². The monoisotopic (exact) mass is 288 g/mol. The van der Waals surface area contributed by atoms with Gasteiger partial charge in [0.2, 0.25) is 0 Å². The van der Waals surface area contributed by atoms with E-state index in [2.05, 4.69) is 4.98 Å². The van der Waals surface area contributed by atoms with Gasteiger partial charge in [-0.2, -0.15) is 4.98 Å². The Kier molecular flexibility index (Phi) is 4.98. The highest BCUT2D eigenvalue weighted by Crippen LogP contribution is 2.07. The lowest BCUT2D eigenvalue weighted by Gasteiger charge is -2.11. The van der Waals surface area contributed by atoms with E-state index in [9.17, 15) is 14.0 Å². The maximum atomic E-state index is 12.9. The van der Waals surface area contributed by atoms with Gasteiger partial charge < -0.3 is 9.36 Å². The number of aryl methyl sites for hydroxylation is 3. The molecular weight excluding hydrogens is 271 g/mol. The molecule has 0 N–H and O–H groups in total. The van der Waals surface area contributed by atoms with Crippen molar-refractivity contribution >= 4 is 6.29 Å². The van der Waals surface area contributed by atoms with Crippen LogP contribution in [0.1, 0.15) is 23.9 Å². The molecule has 0 saturated carbocycles. The van der Waals surface area contributed by atoms with Gasteiger partial charge in [-0.15, -0.1) is 0 Å². The summed E-state index contributed by atoms with van der Waals surface area (Å²) in [5, 5.41) is 0. The van der Waals surface area contributed by atoms with Crippen molar-refractivity contribution in [2.24, 2.45) is 0 Å². The molecule has 0 aliphatic heterocycles. The van der Waals surface area contributed by atoms with Gasteiger partial charge in [0.15, 0.2) is 0 Å². The van der Waals surface area contributed by atoms with Crippen molar-refractivity contribution in [1.82, 2.24) is 9.55 Å². The smallest absolute Gasteiger partial charge is 0.276 e. The number of rotatable bonds is 6. The molecule has 0 bridgehead atoms. The van der Waals surface area contributed by atoms with Gasteiger partial charge in [0.1, 0.15) is 17.9 Å². The van der Waals surface area contributed by atoms with Crippen molar-refractivity contribution in [3.05, 3.63) is 63.6 Å². The third-order valence-corrected chi connectivity index (χ3v) is 3.35. The summed E-state index contributed by atoms with van der Waals surface area (Å²) in [6.07, 6.45) is 4.23. The number of halogens is 1. The van der Waals surface area contributed by atoms with E-state index in [-0.39, 0.29) is 17.9 Å². The van der Waals surface area contributed by atoms with Crippen LogP contribution in [0.5, 0.6) is 0 Å². The zero-order chi connectivity index (χ0) is 15.2. The van der Waals surface area contributed by atoms with Crippen LogP contribution < -0.4 is 5.56 Å². The predicted molar refractivity (Wildman–Crippen MR) is 77.7 cm³/mol. The summed E-state index contributed by atoms with van der Waals surface area (Å²) < 4.78 is 14.6. The van der Waals surface area contributed by atoms with E-state index in [0.29, 0.717) is 30.7 Å². The van der Waals surface area contributed by atoms with E-state index in [0.717, 1.165) is 11.8 Å². The fraction of sp³-hybridized carbons (Fsp3) is 0.312. The SMILES string of the molecule is CCc1cn(CC=O)c(CCc2ccc(F)cc2)nc1=O. The Balaban J connectivity index is 2.21. The van der Waals surface area contributed by atoms with Crippen molar-refractivity contribution in [1.29, 1.82) is 0 Å². The van der Waals surface area contributed by atoms with E-state index in [1.165, 1.54) is 12.1 Å². The molecule has 1 heterocycles. The van der Waals surface area contributed by atoms with Crippen LogP contribution in [-0.4, -0.2) is 15.8 Å². The fourth-order valence-corrected chi connectivity index (χ4v) is 2.16. The Morgan fingerprint density at radius 3 is 2.57 bits per heavy atom. The second-order valence-corrected chi connectivity index (χ2v) is 4.79. The molecule has 0 radical (unpaired) electrons. The maximum Gasteiger partial charge on any atom is 0.276 e. The normalized spacial score (nSPS) is 10.6. The lowest BCUT2D eigenvalue weighted by Crippen LogP contribution is -2.22. The van der Waals surface area contributed by atoms with E-state index >= 15 is 0 Å². The standard InChI is InChI=1S/C16H17FN2O2/c1-2-13-11-19(9-10-20)15(18-16(13)21)8-5-12-3-6-14(17)7-4-12/h3-4,6-7,10-11H,2,5,8-9H2,1H3. The number of aromatic nitrogens is 2.